The molecule has 2 N–H and O–H groups in total. The molecule has 0 atom stereocenters. The number of carbonyl (C=O) groups is 1. The Labute approximate surface area is 164 Å². The van der Waals surface area contributed by atoms with Crippen molar-refractivity contribution in [3.8, 4) is 0 Å². The molecule has 28 heavy (non-hydrogen) atoms. The van der Waals surface area contributed by atoms with Crippen LogP contribution in [0.5, 0.6) is 0 Å². The first-order chi connectivity index (χ1) is 12.9. The minimum Gasteiger partial charge on any atom is -0.348 e. The second-order valence-corrected chi connectivity index (χ2v) is 9.28. The van der Waals surface area contributed by atoms with Gasteiger partial charge in [0.15, 0.2) is 0 Å². The van der Waals surface area contributed by atoms with Gasteiger partial charge >= 0.3 is 0 Å². The Kier molecular flexibility index (Phi) is 6.23. The van der Waals surface area contributed by atoms with Crippen LogP contribution in [0.25, 0.3) is 5.57 Å². The van der Waals surface area contributed by atoms with E-state index in [1.165, 1.54) is 12.1 Å². The zero-order valence-corrected chi connectivity index (χ0v) is 17.2. The maximum atomic E-state index is 14.0. The van der Waals surface area contributed by atoms with Crippen molar-refractivity contribution >= 4 is 27.2 Å². The maximum Gasteiger partial charge on any atom is 0.251 e. The molecule has 2 aromatic rings. The molecule has 0 spiro atoms. The number of hydrogen-bond acceptors (Lipinski definition) is 4. The lowest BCUT2D eigenvalue weighted by molar-refractivity contribution is -0.115. The summed E-state index contributed by atoms with van der Waals surface area (Å²) in [7, 11) is -3.57. The van der Waals surface area contributed by atoms with E-state index in [4.69, 9.17) is 0 Å². The molecule has 0 aliphatic heterocycles. The molecule has 0 unspecified atom stereocenters. The number of nitrogens with zero attached hydrogens (tertiary/aromatic N) is 1. The molecule has 0 saturated heterocycles. The Morgan fingerprint density at radius 3 is 2.39 bits per heavy atom. The smallest absolute Gasteiger partial charge is 0.251 e. The summed E-state index contributed by atoms with van der Waals surface area (Å²) in [6.07, 6.45) is 2.54. The number of halogens is 1. The molecule has 8 heteroatoms. The average Bonchev–Trinajstić information content (AvgIpc) is 2.59. The van der Waals surface area contributed by atoms with Gasteiger partial charge in [-0.1, -0.05) is 39.5 Å². The minimum atomic E-state index is -3.57. The molecule has 2 rings (SSSR count). The van der Waals surface area contributed by atoms with E-state index >= 15 is 0 Å². The van der Waals surface area contributed by atoms with E-state index in [2.05, 4.69) is 21.6 Å². The van der Waals surface area contributed by atoms with Gasteiger partial charge in [0.2, 0.25) is 10.0 Å². The second kappa shape index (κ2) is 8.10. The number of nitrogens with one attached hydrogen (secondary N) is 2. The van der Waals surface area contributed by atoms with Crippen molar-refractivity contribution in [3.63, 3.8) is 0 Å². The maximum absolute atomic E-state index is 14.0. The predicted molar refractivity (Wildman–Crippen MR) is 109 cm³/mol. The molecule has 0 aliphatic rings. The van der Waals surface area contributed by atoms with Gasteiger partial charge in [0.1, 0.15) is 5.82 Å². The first kappa shape index (κ1) is 21.6. The van der Waals surface area contributed by atoms with E-state index in [9.17, 15) is 17.6 Å². The van der Waals surface area contributed by atoms with E-state index in [1.807, 2.05) is 26.8 Å². The average molecular weight is 405 g/mol. The lowest BCUT2D eigenvalue weighted by Crippen LogP contribution is -2.23. The van der Waals surface area contributed by atoms with Crippen molar-refractivity contribution < 1.29 is 17.6 Å². The Morgan fingerprint density at radius 2 is 1.89 bits per heavy atom. The number of aromatic nitrogens is 1. The molecule has 0 fully saturated rings. The molecule has 1 heterocycles. The van der Waals surface area contributed by atoms with Gasteiger partial charge < -0.3 is 5.32 Å². The summed E-state index contributed by atoms with van der Waals surface area (Å²) in [6, 6.07) is 7.65. The van der Waals surface area contributed by atoms with E-state index in [0.717, 1.165) is 18.0 Å². The number of sulfonamides is 1. The van der Waals surface area contributed by atoms with Crippen molar-refractivity contribution in [3.05, 3.63) is 65.7 Å². The first-order valence-corrected chi connectivity index (χ1v) is 10.5. The van der Waals surface area contributed by atoms with Crippen molar-refractivity contribution in [1.82, 2.24) is 10.3 Å². The van der Waals surface area contributed by atoms with E-state index < -0.39 is 21.7 Å². The Hall–Kier alpha value is -2.74. The van der Waals surface area contributed by atoms with Crippen LogP contribution < -0.4 is 10.0 Å². The number of rotatable bonds is 6. The standard InChI is InChI=1S/C20H24FN3O3S/c1-13(15-7-9-18(22-12-15)20(2,3)4)19(25)23-11-14-6-8-17(16(21)10-14)24-28(5,26)27/h6-10,12,24H,1,11H2,2-5H3,(H,23,25). The van der Waals surface area contributed by atoms with Gasteiger partial charge in [-0.3, -0.25) is 14.5 Å². The third kappa shape index (κ3) is 5.88. The molecule has 0 bridgehead atoms. The molecular weight excluding hydrogens is 381 g/mol. The lowest BCUT2D eigenvalue weighted by Gasteiger charge is -2.17. The monoisotopic (exact) mass is 405 g/mol. The van der Waals surface area contributed by atoms with E-state index in [1.54, 1.807) is 12.3 Å². The highest BCUT2D eigenvalue weighted by Crippen LogP contribution is 2.22. The summed E-state index contributed by atoms with van der Waals surface area (Å²) in [5, 5.41) is 2.67. The van der Waals surface area contributed by atoms with Crippen LogP contribution in [0.1, 0.15) is 37.6 Å². The minimum absolute atomic E-state index is 0.0709. The normalized spacial score (nSPS) is 11.8. The van der Waals surface area contributed by atoms with Crippen LogP contribution in [-0.2, 0) is 26.8 Å². The number of carbonyl (C=O) groups excluding carboxylic acids is 1. The van der Waals surface area contributed by atoms with Crippen LogP contribution in [0.4, 0.5) is 10.1 Å². The molecule has 0 radical (unpaired) electrons. The molecule has 0 aliphatic carbocycles. The van der Waals surface area contributed by atoms with Crippen LogP contribution in [-0.4, -0.2) is 25.6 Å². The fourth-order valence-electron chi connectivity index (χ4n) is 2.39. The zero-order valence-electron chi connectivity index (χ0n) is 16.3. The first-order valence-electron chi connectivity index (χ1n) is 8.57. The van der Waals surface area contributed by atoms with Crippen LogP contribution >= 0.6 is 0 Å². The van der Waals surface area contributed by atoms with E-state index in [-0.39, 0.29) is 23.2 Å². The SMILES string of the molecule is C=C(C(=O)NCc1ccc(NS(C)(=O)=O)c(F)c1)c1ccc(C(C)(C)C)nc1. The molecule has 1 amide bonds. The number of pyridine rings is 1. The summed E-state index contributed by atoms with van der Waals surface area (Å²) >= 11 is 0. The van der Waals surface area contributed by atoms with Crippen molar-refractivity contribution in [2.24, 2.45) is 0 Å². The number of hydrogen-bond donors (Lipinski definition) is 2. The van der Waals surface area contributed by atoms with Crippen molar-refractivity contribution in [2.75, 3.05) is 11.0 Å². The highest BCUT2D eigenvalue weighted by Gasteiger charge is 2.16. The Balaban J connectivity index is 2.01. The Morgan fingerprint density at radius 1 is 1.21 bits per heavy atom. The summed E-state index contributed by atoms with van der Waals surface area (Å²) in [4.78, 5) is 16.7. The summed E-state index contributed by atoms with van der Waals surface area (Å²) in [5.41, 5.74) is 2.01. The van der Waals surface area contributed by atoms with Gasteiger partial charge in [-0.15, -0.1) is 0 Å². The topological polar surface area (TPSA) is 88.2 Å². The Bertz CT molecular complexity index is 994. The van der Waals surface area contributed by atoms with Gasteiger partial charge in [-0.25, -0.2) is 12.8 Å². The molecule has 1 aromatic carbocycles. The summed E-state index contributed by atoms with van der Waals surface area (Å²) in [6.45, 7) is 10.0. The van der Waals surface area contributed by atoms with Gasteiger partial charge in [0.05, 0.1) is 11.9 Å². The van der Waals surface area contributed by atoms with Crippen molar-refractivity contribution in [1.29, 1.82) is 0 Å². The number of benzene rings is 1. The number of anilines is 1. The molecule has 1 aromatic heterocycles. The lowest BCUT2D eigenvalue weighted by atomic mass is 9.91. The van der Waals surface area contributed by atoms with Gasteiger partial charge in [0.25, 0.3) is 5.91 Å². The fourth-order valence-corrected chi connectivity index (χ4v) is 2.95. The molecule has 0 saturated carbocycles. The third-order valence-electron chi connectivity index (χ3n) is 3.94. The molecular formula is C20H24FN3O3S. The molecule has 150 valence electrons. The van der Waals surface area contributed by atoms with Crippen LogP contribution in [0, 0.1) is 5.82 Å². The summed E-state index contributed by atoms with van der Waals surface area (Å²) in [5.74, 6) is -1.12. The summed E-state index contributed by atoms with van der Waals surface area (Å²) < 4.78 is 38.5. The van der Waals surface area contributed by atoms with E-state index in [0.29, 0.717) is 11.1 Å². The van der Waals surface area contributed by atoms with Crippen LogP contribution in [0.3, 0.4) is 0 Å². The highest BCUT2D eigenvalue weighted by atomic mass is 32.2. The van der Waals surface area contributed by atoms with Gasteiger partial charge in [-0.05, 0) is 23.8 Å². The van der Waals surface area contributed by atoms with Gasteiger partial charge in [0, 0.05) is 35.0 Å². The zero-order chi connectivity index (χ0) is 21.1. The molecule has 6 nitrogen and oxygen atoms in total. The van der Waals surface area contributed by atoms with Crippen LogP contribution in [0.2, 0.25) is 0 Å². The predicted octanol–water partition coefficient (Wildman–Crippen LogP) is 3.22. The third-order valence-corrected chi connectivity index (χ3v) is 4.53. The highest BCUT2D eigenvalue weighted by molar-refractivity contribution is 7.92. The second-order valence-electron chi connectivity index (χ2n) is 7.53. The van der Waals surface area contributed by atoms with Crippen molar-refractivity contribution in [2.45, 2.75) is 32.7 Å². The number of amides is 1. The fraction of sp³-hybridized carbons (Fsp3) is 0.300. The quantitative estimate of drug-likeness (QED) is 0.723. The van der Waals surface area contributed by atoms with Crippen LogP contribution in [0.15, 0.2) is 43.1 Å². The van der Waals surface area contributed by atoms with Gasteiger partial charge in [-0.2, -0.15) is 0 Å². The largest absolute Gasteiger partial charge is 0.348 e.